The fraction of sp³-hybridized carbons (Fsp3) is 0.533. The molecule has 1 aromatic carbocycles. The average Bonchev–Trinajstić information content (AvgIpc) is 2.42. The van der Waals surface area contributed by atoms with Crippen molar-refractivity contribution in [2.75, 3.05) is 25.9 Å². The smallest absolute Gasteiger partial charge is 0.248 e. The number of carbonyl (C=O) groups is 1. The van der Waals surface area contributed by atoms with Gasteiger partial charge in [-0.05, 0) is 44.0 Å². The number of nitrogens with two attached hydrogens (primary N) is 2. The maximum absolute atomic E-state index is 11.1. The summed E-state index contributed by atoms with van der Waals surface area (Å²) in [5.41, 5.74) is 13.3. The van der Waals surface area contributed by atoms with Crippen LogP contribution in [0.1, 0.15) is 35.2 Å². The number of carbonyl (C=O) groups excluding carboxylic acids is 1. The van der Waals surface area contributed by atoms with Gasteiger partial charge in [0.1, 0.15) is 0 Å². The Hall–Kier alpha value is -1.59. The number of rotatable bonds is 5. The summed E-state index contributed by atoms with van der Waals surface area (Å²) in [6, 6.07) is 5.23. The van der Waals surface area contributed by atoms with Crippen molar-refractivity contribution in [1.29, 1.82) is 0 Å². The molecule has 1 aliphatic heterocycles. The zero-order valence-electron chi connectivity index (χ0n) is 12.0. The fourth-order valence-corrected chi connectivity index (χ4v) is 2.55. The largest absolute Gasteiger partial charge is 0.398 e. The second kappa shape index (κ2) is 6.72. The maximum atomic E-state index is 11.1. The molecule has 1 aliphatic rings. The SMILES string of the molecule is CN(Cc1ccc(C(N)=O)cc1N)CC1CCCCO1. The van der Waals surface area contributed by atoms with Gasteiger partial charge in [-0.15, -0.1) is 0 Å². The molecule has 1 amide bonds. The minimum atomic E-state index is -0.452. The van der Waals surface area contributed by atoms with Crippen molar-refractivity contribution >= 4 is 11.6 Å². The van der Waals surface area contributed by atoms with E-state index in [2.05, 4.69) is 11.9 Å². The monoisotopic (exact) mass is 277 g/mol. The Kier molecular flexibility index (Phi) is 4.98. The van der Waals surface area contributed by atoms with Gasteiger partial charge in [-0.1, -0.05) is 6.07 Å². The molecule has 1 heterocycles. The van der Waals surface area contributed by atoms with E-state index in [0.717, 1.165) is 31.7 Å². The molecule has 0 aromatic heterocycles. The summed E-state index contributed by atoms with van der Waals surface area (Å²) in [6.07, 6.45) is 3.86. The molecule has 1 atom stereocenters. The number of amides is 1. The minimum absolute atomic E-state index is 0.319. The van der Waals surface area contributed by atoms with Gasteiger partial charge in [-0.25, -0.2) is 0 Å². The summed E-state index contributed by atoms with van der Waals surface area (Å²) < 4.78 is 5.73. The first kappa shape index (κ1) is 14.8. The Morgan fingerprint density at radius 2 is 2.25 bits per heavy atom. The summed E-state index contributed by atoms with van der Waals surface area (Å²) >= 11 is 0. The van der Waals surface area contributed by atoms with Crippen LogP contribution in [0.2, 0.25) is 0 Å². The Morgan fingerprint density at radius 3 is 2.85 bits per heavy atom. The van der Waals surface area contributed by atoms with Gasteiger partial charge in [0.15, 0.2) is 0 Å². The van der Waals surface area contributed by atoms with E-state index in [1.165, 1.54) is 12.8 Å². The van der Waals surface area contributed by atoms with Crippen LogP contribution in [0.5, 0.6) is 0 Å². The normalized spacial score (nSPS) is 19.2. The number of primary amides is 1. The standard InChI is InChI=1S/C15H23N3O2/c1-18(10-13-4-2-3-7-20-13)9-12-6-5-11(15(17)19)8-14(12)16/h5-6,8,13H,2-4,7,9-10,16H2,1H3,(H2,17,19). The minimum Gasteiger partial charge on any atom is -0.398 e. The van der Waals surface area contributed by atoms with Crippen LogP contribution in [0.4, 0.5) is 5.69 Å². The summed E-state index contributed by atoms with van der Waals surface area (Å²) in [4.78, 5) is 13.3. The van der Waals surface area contributed by atoms with Crippen LogP contribution in [0, 0.1) is 0 Å². The zero-order chi connectivity index (χ0) is 14.5. The van der Waals surface area contributed by atoms with Gasteiger partial charge in [-0.3, -0.25) is 9.69 Å². The highest BCUT2D eigenvalue weighted by Crippen LogP contribution is 2.18. The van der Waals surface area contributed by atoms with Crippen LogP contribution in [0.3, 0.4) is 0 Å². The number of anilines is 1. The summed E-state index contributed by atoms with van der Waals surface area (Å²) in [5, 5.41) is 0. The highest BCUT2D eigenvalue weighted by molar-refractivity contribution is 5.93. The van der Waals surface area contributed by atoms with Crippen LogP contribution in [0.15, 0.2) is 18.2 Å². The molecule has 0 spiro atoms. The number of likely N-dealkylation sites (N-methyl/N-ethyl adjacent to an activating group) is 1. The van der Waals surface area contributed by atoms with Crippen LogP contribution < -0.4 is 11.5 Å². The summed E-state index contributed by atoms with van der Waals surface area (Å²) in [7, 11) is 2.05. The first-order chi connectivity index (χ1) is 9.56. The van der Waals surface area contributed by atoms with E-state index >= 15 is 0 Å². The van der Waals surface area contributed by atoms with Crippen molar-refractivity contribution in [2.24, 2.45) is 5.73 Å². The van der Waals surface area contributed by atoms with Crippen LogP contribution >= 0.6 is 0 Å². The van der Waals surface area contributed by atoms with Crippen LogP contribution in [0.25, 0.3) is 0 Å². The van der Waals surface area contributed by atoms with Gasteiger partial charge >= 0.3 is 0 Å². The van der Waals surface area contributed by atoms with Crippen molar-refractivity contribution in [3.63, 3.8) is 0 Å². The highest BCUT2D eigenvalue weighted by atomic mass is 16.5. The fourth-order valence-electron chi connectivity index (χ4n) is 2.55. The first-order valence-corrected chi connectivity index (χ1v) is 7.04. The van der Waals surface area contributed by atoms with Crippen molar-refractivity contribution in [1.82, 2.24) is 4.90 Å². The number of ether oxygens (including phenoxy) is 1. The van der Waals surface area contributed by atoms with Crippen LogP contribution in [-0.4, -0.2) is 37.1 Å². The lowest BCUT2D eigenvalue weighted by Gasteiger charge is -2.27. The molecular weight excluding hydrogens is 254 g/mol. The van der Waals surface area contributed by atoms with E-state index in [0.29, 0.717) is 17.4 Å². The Morgan fingerprint density at radius 1 is 1.45 bits per heavy atom. The molecule has 1 aromatic rings. The molecule has 0 bridgehead atoms. The molecule has 0 aliphatic carbocycles. The number of hydrogen-bond acceptors (Lipinski definition) is 4. The molecule has 1 unspecified atom stereocenters. The number of nitrogen functional groups attached to an aromatic ring is 1. The summed E-state index contributed by atoms with van der Waals surface area (Å²) in [5.74, 6) is -0.452. The van der Waals surface area contributed by atoms with Gasteiger partial charge in [0, 0.05) is 30.9 Å². The van der Waals surface area contributed by atoms with Crippen molar-refractivity contribution < 1.29 is 9.53 Å². The third-order valence-electron chi connectivity index (χ3n) is 3.66. The summed E-state index contributed by atoms with van der Waals surface area (Å²) in [6.45, 7) is 2.51. The lowest BCUT2D eigenvalue weighted by molar-refractivity contribution is -0.00256. The van der Waals surface area contributed by atoms with Crippen molar-refractivity contribution in [3.05, 3.63) is 29.3 Å². The third kappa shape index (κ3) is 3.95. The zero-order valence-corrected chi connectivity index (χ0v) is 12.0. The van der Waals surface area contributed by atoms with Crippen LogP contribution in [-0.2, 0) is 11.3 Å². The lowest BCUT2D eigenvalue weighted by atomic mass is 10.1. The van der Waals surface area contributed by atoms with Crippen molar-refractivity contribution in [2.45, 2.75) is 31.9 Å². The molecule has 0 saturated carbocycles. The predicted molar refractivity (Wildman–Crippen MR) is 79.3 cm³/mol. The van der Waals surface area contributed by atoms with E-state index in [4.69, 9.17) is 16.2 Å². The van der Waals surface area contributed by atoms with Gasteiger partial charge in [-0.2, -0.15) is 0 Å². The second-order valence-corrected chi connectivity index (χ2v) is 5.46. The van der Waals surface area contributed by atoms with E-state index < -0.39 is 5.91 Å². The maximum Gasteiger partial charge on any atom is 0.248 e. The van der Waals surface area contributed by atoms with E-state index in [1.54, 1.807) is 12.1 Å². The van der Waals surface area contributed by atoms with Gasteiger partial charge in [0.05, 0.1) is 6.10 Å². The molecule has 1 saturated heterocycles. The van der Waals surface area contributed by atoms with Gasteiger partial charge in [0.2, 0.25) is 5.91 Å². The van der Waals surface area contributed by atoms with E-state index in [1.807, 2.05) is 6.07 Å². The Labute approximate surface area is 119 Å². The van der Waals surface area contributed by atoms with Gasteiger partial charge < -0.3 is 16.2 Å². The first-order valence-electron chi connectivity index (χ1n) is 7.04. The number of hydrogen-bond donors (Lipinski definition) is 2. The molecule has 4 N–H and O–H groups in total. The molecular formula is C15H23N3O2. The molecule has 1 fully saturated rings. The second-order valence-electron chi connectivity index (χ2n) is 5.46. The molecule has 2 rings (SSSR count). The van der Waals surface area contributed by atoms with E-state index in [-0.39, 0.29) is 0 Å². The molecule has 5 nitrogen and oxygen atoms in total. The quantitative estimate of drug-likeness (QED) is 0.796. The van der Waals surface area contributed by atoms with Gasteiger partial charge in [0.25, 0.3) is 0 Å². The lowest BCUT2D eigenvalue weighted by Crippen LogP contribution is -2.33. The number of benzene rings is 1. The molecule has 0 radical (unpaired) electrons. The highest BCUT2D eigenvalue weighted by Gasteiger charge is 2.16. The van der Waals surface area contributed by atoms with Crippen molar-refractivity contribution in [3.8, 4) is 0 Å². The molecule has 5 heteroatoms. The third-order valence-corrected chi connectivity index (χ3v) is 3.66. The van der Waals surface area contributed by atoms with E-state index in [9.17, 15) is 4.79 Å². The Bertz CT molecular complexity index is 470. The molecule has 110 valence electrons. The topological polar surface area (TPSA) is 81.6 Å². The Balaban J connectivity index is 1.93. The molecule has 20 heavy (non-hydrogen) atoms. The average molecular weight is 277 g/mol. The predicted octanol–water partition coefficient (Wildman–Crippen LogP) is 1.37. The number of nitrogens with zero attached hydrogens (tertiary/aromatic N) is 1.